The van der Waals surface area contributed by atoms with Gasteiger partial charge in [0.2, 0.25) is 11.8 Å². The van der Waals surface area contributed by atoms with E-state index in [9.17, 15) is 14.7 Å². The van der Waals surface area contributed by atoms with Crippen molar-refractivity contribution in [3.63, 3.8) is 0 Å². The number of carbonyl (C=O) groups excluding carboxylic acids is 2. The molecule has 0 radical (unpaired) electrons. The first-order chi connectivity index (χ1) is 10.6. The largest absolute Gasteiger partial charge is 0.506 e. The van der Waals surface area contributed by atoms with Crippen molar-refractivity contribution in [2.45, 2.75) is 6.42 Å². The van der Waals surface area contributed by atoms with Crippen LogP contribution in [0.1, 0.15) is 6.42 Å². The molecule has 1 aliphatic heterocycles. The molecule has 1 heterocycles. The SMILES string of the molecule is O=C1[C@@H]2[C@H]3C=C[C@@H]([C@@H]4C[C@@H]34)[C@H]2C(=O)N1c1ccc(Cl)cc1O. The lowest BCUT2D eigenvalue weighted by Gasteiger charge is -2.37. The molecule has 1 aromatic rings. The van der Waals surface area contributed by atoms with Crippen molar-refractivity contribution < 1.29 is 14.7 Å². The van der Waals surface area contributed by atoms with Crippen LogP contribution in [0.5, 0.6) is 5.75 Å². The number of aromatic hydroxyl groups is 1. The topological polar surface area (TPSA) is 57.6 Å². The summed E-state index contributed by atoms with van der Waals surface area (Å²) in [5.41, 5.74) is 0.252. The minimum absolute atomic E-state index is 0.127. The van der Waals surface area contributed by atoms with E-state index in [0.29, 0.717) is 16.9 Å². The molecule has 22 heavy (non-hydrogen) atoms. The molecule has 3 fully saturated rings. The van der Waals surface area contributed by atoms with E-state index in [1.165, 1.54) is 11.0 Å². The molecule has 4 nitrogen and oxygen atoms in total. The van der Waals surface area contributed by atoms with Crippen molar-refractivity contribution in [1.29, 1.82) is 0 Å². The summed E-state index contributed by atoms with van der Waals surface area (Å²) in [5, 5.41) is 10.5. The summed E-state index contributed by atoms with van der Waals surface area (Å²) in [6, 6.07) is 4.49. The summed E-state index contributed by atoms with van der Waals surface area (Å²) >= 11 is 5.84. The Bertz CT molecular complexity index is 722. The molecule has 0 unspecified atom stereocenters. The quantitative estimate of drug-likeness (QED) is 0.640. The lowest BCUT2D eigenvalue weighted by molar-refractivity contribution is -0.124. The van der Waals surface area contributed by atoms with Gasteiger partial charge in [0.1, 0.15) is 5.75 Å². The smallest absolute Gasteiger partial charge is 0.238 e. The van der Waals surface area contributed by atoms with Crippen LogP contribution in [0.15, 0.2) is 30.4 Å². The highest BCUT2D eigenvalue weighted by Gasteiger charge is 2.67. The minimum atomic E-state index is -0.249. The minimum Gasteiger partial charge on any atom is -0.506 e. The predicted octanol–water partition coefficient (Wildman–Crippen LogP) is 2.60. The van der Waals surface area contributed by atoms with Crippen LogP contribution < -0.4 is 4.90 Å². The summed E-state index contributed by atoms with van der Waals surface area (Å²) in [6.07, 6.45) is 5.41. The number of phenols is 1. The first kappa shape index (κ1) is 12.7. The Morgan fingerprint density at radius 3 is 2.18 bits per heavy atom. The second-order valence-corrected chi connectivity index (χ2v) is 7.24. The fourth-order valence-electron chi connectivity index (χ4n) is 4.88. The maximum absolute atomic E-state index is 12.9. The van der Waals surface area contributed by atoms with Gasteiger partial charge in [-0.15, -0.1) is 0 Å². The molecule has 6 rings (SSSR count). The van der Waals surface area contributed by atoms with Crippen LogP contribution in [0, 0.1) is 35.5 Å². The summed E-state index contributed by atoms with van der Waals surface area (Å²) in [6.45, 7) is 0. The number of carbonyl (C=O) groups is 2. The van der Waals surface area contributed by atoms with Gasteiger partial charge in [-0.3, -0.25) is 9.59 Å². The molecule has 0 spiro atoms. The number of anilines is 1. The van der Waals surface area contributed by atoms with Crippen molar-refractivity contribution in [3.05, 3.63) is 35.4 Å². The maximum atomic E-state index is 12.9. The van der Waals surface area contributed by atoms with Crippen molar-refractivity contribution in [2.24, 2.45) is 35.5 Å². The Morgan fingerprint density at radius 2 is 1.64 bits per heavy atom. The number of rotatable bonds is 1. The Morgan fingerprint density at radius 1 is 1.05 bits per heavy atom. The number of halogens is 1. The van der Waals surface area contributed by atoms with Crippen LogP contribution in [0.25, 0.3) is 0 Å². The van der Waals surface area contributed by atoms with Gasteiger partial charge in [0.15, 0.2) is 0 Å². The highest BCUT2D eigenvalue weighted by molar-refractivity contribution is 6.31. The van der Waals surface area contributed by atoms with Crippen molar-refractivity contribution in [3.8, 4) is 5.75 Å². The Balaban J connectivity index is 1.60. The second-order valence-electron chi connectivity index (χ2n) is 6.80. The van der Waals surface area contributed by atoms with E-state index in [-0.39, 0.29) is 46.9 Å². The summed E-state index contributed by atoms with van der Waals surface area (Å²) in [4.78, 5) is 26.9. The summed E-state index contributed by atoms with van der Waals surface area (Å²) < 4.78 is 0. The van der Waals surface area contributed by atoms with Crippen LogP contribution in [0.4, 0.5) is 5.69 Å². The van der Waals surface area contributed by atoms with Crippen molar-refractivity contribution in [2.75, 3.05) is 4.90 Å². The molecule has 5 aliphatic rings. The van der Waals surface area contributed by atoms with Gasteiger partial charge in [-0.05, 0) is 42.2 Å². The number of imide groups is 1. The lowest BCUT2D eigenvalue weighted by atomic mass is 9.63. The highest BCUT2D eigenvalue weighted by atomic mass is 35.5. The predicted molar refractivity (Wildman–Crippen MR) is 80.3 cm³/mol. The fraction of sp³-hybridized carbons (Fsp3) is 0.412. The van der Waals surface area contributed by atoms with Gasteiger partial charge in [-0.2, -0.15) is 0 Å². The van der Waals surface area contributed by atoms with Gasteiger partial charge in [-0.25, -0.2) is 4.90 Å². The standard InChI is InChI=1S/C17H14ClNO3/c18-7-1-4-12(13(20)5-7)19-16(21)14-8-2-3-9(11-6-10(8)11)15(14)17(19)22/h1-5,8-11,14-15,20H,6H2/t8-,9-,10-,11-,14+,15+/m0/s1. The van der Waals surface area contributed by atoms with Gasteiger partial charge in [0.05, 0.1) is 17.5 Å². The van der Waals surface area contributed by atoms with Crippen molar-refractivity contribution >= 4 is 29.1 Å². The molecule has 112 valence electrons. The number of hydrogen-bond acceptors (Lipinski definition) is 3. The zero-order chi connectivity index (χ0) is 15.2. The molecule has 1 aromatic carbocycles. The van der Waals surface area contributed by atoms with E-state index in [1.807, 2.05) is 0 Å². The van der Waals surface area contributed by atoms with Crippen LogP contribution in [-0.2, 0) is 9.59 Å². The average molecular weight is 316 g/mol. The lowest BCUT2D eigenvalue weighted by Crippen LogP contribution is -2.40. The Hall–Kier alpha value is -1.81. The monoisotopic (exact) mass is 315 g/mol. The first-order valence-electron chi connectivity index (χ1n) is 7.62. The van der Waals surface area contributed by atoms with Gasteiger partial charge in [0, 0.05) is 11.1 Å². The van der Waals surface area contributed by atoms with Crippen LogP contribution >= 0.6 is 11.6 Å². The highest BCUT2D eigenvalue weighted by Crippen LogP contribution is 2.65. The first-order valence-corrected chi connectivity index (χ1v) is 8.00. The van der Waals surface area contributed by atoms with Gasteiger partial charge < -0.3 is 5.11 Å². The molecule has 2 saturated carbocycles. The number of allylic oxidation sites excluding steroid dienone is 2. The third-order valence-corrected chi connectivity index (χ3v) is 6.08. The van der Waals surface area contributed by atoms with Gasteiger partial charge >= 0.3 is 0 Å². The normalized spacial score (nSPS) is 40.9. The number of phenolic OH excluding ortho intramolecular Hbond substituents is 1. The Labute approximate surface area is 132 Å². The zero-order valence-corrected chi connectivity index (χ0v) is 12.4. The third kappa shape index (κ3) is 1.39. The molecule has 1 N–H and O–H groups in total. The van der Waals surface area contributed by atoms with Crippen molar-refractivity contribution in [1.82, 2.24) is 0 Å². The number of amides is 2. The fourth-order valence-corrected chi connectivity index (χ4v) is 5.05. The molecule has 5 heteroatoms. The van der Waals surface area contributed by atoms with E-state index < -0.39 is 0 Å². The molecular formula is C17H14ClNO3. The van der Waals surface area contributed by atoms with Crippen LogP contribution in [0.3, 0.4) is 0 Å². The van der Waals surface area contributed by atoms with Crippen LogP contribution in [0.2, 0.25) is 5.02 Å². The molecule has 2 bridgehead atoms. The van der Waals surface area contributed by atoms with Gasteiger partial charge in [-0.1, -0.05) is 23.8 Å². The number of hydrogen-bond donors (Lipinski definition) is 1. The number of benzene rings is 1. The molecular weight excluding hydrogens is 302 g/mol. The third-order valence-electron chi connectivity index (χ3n) is 5.84. The molecule has 6 atom stereocenters. The van der Waals surface area contributed by atoms with E-state index in [0.717, 1.165) is 6.42 Å². The van der Waals surface area contributed by atoms with Crippen LogP contribution in [-0.4, -0.2) is 16.9 Å². The van der Waals surface area contributed by atoms with E-state index in [1.54, 1.807) is 12.1 Å². The number of nitrogens with zero attached hydrogens (tertiary/aromatic N) is 1. The summed E-state index contributed by atoms with van der Waals surface area (Å²) in [5.74, 6) is 0.570. The molecule has 0 aromatic heterocycles. The summed E-state index contributed by atoms with van der Waals surface area (Å²) in [7, 11) is 0. The molecule has 1 saturated heterocycles. The van der Waals surface area contributed by atoms with E-state index in [4.69, 9.17) is 11.6 Å². The zero-order valence-electron chi connectivity index (χ0n) is 11.6. The maximum Gasteiger partial charge on any atom is 0.238 e. The van der Waals surface area contributed by atoms with Gasteiger partial charge in [0.25, 0.3) is 0 Å². The molecule has 4 aliphatic carbocycles. The van der Waals surface area contributed by atoms with E-state index >= 15 is 0 Å². The second kappa shape index (κ2) is 3.93. The Kier molecular flexibility index (Phi) is 2.27. The van der Waals surface area contributed by atoms with E-state index in [2.05, 4.69) is 12.2 Å². The average Bonchev–Trinajstić information content (AvgIpc) is 3.26. The molecule has 2 amide bonds.